The van der Waals surface area contributed by atoms with Gasteiger partial charge >= 0.3 is 0 Å². The molecule has 3 rings (SSSR count). The molecule has 1 aromatic carbocycles. The fourth-order valence-corrected chi connectivity index (χ4v) is 2.53. The molecule has 1 aliphatic rings. The van der Waals surface area contributed by atoms with Gasteiger partial charge < -0.3 is 10.7 Å². The summed E-state index contributed by atoms with van der Waals surface area (Å²) in [5, 5.41) is 1.16. The first kappa shape index (κ1) is 9.60. The van der Waals surface area contributed by atoms with Crippen LogP contribution in [0.5, 0.6) is 0 Å². The Balaban J connectivity index is 2.23. The maximum absolute atomic E-state index is 10.8. The van der Waals surface area contributed by atoms with E-state index in [2.05, 4.69) is 4.98 Å². The van der Waals surface area contributed by atoms with Gasteiger partial charge in [0.05, 0.1) is 0 Å². The van der Waals surface area contributed by atoms with Gasteiger partial charge in [0.25, 0.3) is 0 Å². The van der Waals surface area contributed by atoms with Crippen LogP contribution in [-0.2, 0) is 12.8 Å². The van der Waals surface area contributed by atoms with Crippen LogP contribution >= 0.6 is 0 Å². The average Bonchev–Trinajstić information content (AvgIpc) is 2.66. The molecule has 16 heavy (non-hydrogen) atoms. The van der Waals surface area contributed by atoms with Gasteiger partial charge in [-0.15, -0.1) is 0 Å². The number of nitrogens with one attached hydrogen (secondary N) is 1. The Hall–Kier alpha value is -1.61. The lowest BCUT2D eigenvalue weighted by Gasteiger charge is -2.18. The molecule has 0 bridgehead atoms. The summed E-state index contributed by atoms with van der Waals surface area (Å²) in [7, 11) is 0. The second kappa shape index (κ2) is 3.46. The molecule has 0 saturated carbocycles. The molecule has 0 spiro atoms. The molecule has 3 nitrogen and oxygen atoms in total. The van der Waals surface area contributed by atoms with Gasteiger partial charge in [-0.2, -0.15) is 0 Å². The van der Waals surface area contributed by atoms with E-state index in [-0.39, 0.29) is 6.04 Å². The summed E-state index contributed by atoms with van der Waals surface area (Å²) in [6.07, 6.45) is 3.86. The lowest BCUT2D eigenvalue weighted by Crippen LogP contribution is -2.27. The van der Waals surface area contributed by atoms with Crippen molar-refractivity contribution in [3.8, 4) is 0 Å². The van der Waals surface area contributed by atoms with Crippen molar-refractivity contribution in [2.75, 3.05) is 0 Å². The minimum Gasteiger partial charge on any atom is -0.358 e. The first-order chi connectivity index (χ1) is 7.78. The molecule has 1 atom stereocenters. The van der Waals surface area contributed by atoms with Crippen LogP contribution in [-0.4, -0.2) is 17.3 Å². The molecular formula is C13H14N2O. The van der Waals surface area contributed by atoms with Crippen molar-refractivity contribution in [1.29, 1.82) is 0 Å². The van der Waals surface area contributed by atoms with E-state index >= 15 is 0 Å². The number of aromatic amines is 1. The zero-order valence-electron chi connectivity index (χ0n) is 8.99. The quantitative estimate of drug-likeness (QED) is 0.711. The SMILES string of the molecule is NC1CCc2[nH]c3ccc(C=O)cc3c2C1. The van der Waals surface area contributed by atoms with Crippen molar-refractivity contribution >= 4 is 17.2 Å². The van der Waals surface area contributed by atoms with Crippen molar-refractivity contribution in [2.45, 2.75) is 25.3 Å². The highest BCUT2D eigenvalue weighted by Crippen LogP contribution is 2.29. The summed E-state index contributed by atoms with van der Waals surface area (Å²) in [4.78, 5) is 14.2. The second-order valence-corrected chi connectivity index (χ2v) is 4.51. The maximum atomic E-state index is 10.8. The van der Waals surface area contributed by atoms with Crippen molar-refractivity contribution in [2.24, 2.45) is 5.73 Å². The predicted octanol–water partition coefficient (Wildman–Crippen LogP) is 1.80. The lowest BCUT2D eigenvalue weighted by molar-refractivity contribution is 0.112. The Morgan fingerprint density at radius 2 is 2.31 bits per heavy atom. The van der Waals surface area contributed by atoms with Crippen LogP contribution in [0.15, 0.2) is 18.2 Å². The number of fused-ring (bicyclic) bond motifs is 3. The molecule has 0 aliphatic heterocycles. The molecule has 1 aliphatic carbocycles. The zero-order chi connectivity index (χ0) is 11.1. The minimum atomic E-state index is 0.256. The van der Waals surface area contributed by atoms with Crippen molar-refractivity contribution in [3.05, 3.63) is 35.0 Å². The number of carbonyl (C=O) groups is 1. The molecule has 1 unspecified atom stereocenters. The van der Waals surface area contributed by atoms with Crippen molar-refractivity contribution in [3.63, 3.8) is 0 Å². The minimum absolute atomic E-state index is 0.256. The van der Waals surface area contributed by atoms with Crippen LogP contribution in [0, 0.1) is 0 Å². The number of hydrogen-bond donors (Lipinski definition) is 2. The molecule has 0 radical (unpaired) electrons. The summed E-state index contributed by atoms with van der Waals surface area (Å²) in [5.41, 5.74) is 10.4. The van der Waals surface area contributed by atoms with E-state index in [1.807, 2.05) is 18.2 Å². The number of hydrogen-bond acceptors (Lipinski definition) is 2. The van der Waals surface area contributed by atoms with Crippen LogP contribution in [0.25, 0.3) is 10.9 Å². The largest absolute Gasteiger partial charge is 0.358 e. The molecule has 82 valence electrons. The predicted molar refractivity (Wildman–Crippen MR) is 63.7 cm³/mol. The number of nitrogens with two attached hydrogens (primary N) is 1. The summed E-state index contributed by atoms with van der Waals surface area (Å²) < 4.78 is 0. The highest BCUT2D eigenvalue weighted by atomic mass is 16.1. The Morgan fingerprint density at radius 1 is 1.44 bits per heavy atom. The van der Waals surface area contributed by atoms with E-state index < -0.39 is 0 Å². The molecule has 1 heterocycles. The number of aromatic nitrogens is 1. The Bertz CT molecular complexity index is 556. The summed E-state index contributed by atoms with van der Waals surface area (Å²) in [6.45, 7) is 0. The third-order valence-electron chi connectivity index (χ3n) is 3.39. The van der Waals surface area contributed by atoms with Crippen LogP contribution < -0.4 is 5.73 Å². The van der Waals surface area contributed by atoms with Crippen LogP contribution in [0.3, 0.4) is 0 Å². The molecule has 0 saturated heterocycles. The molecule has 3 N–H and O–H groups in total. The van der Waals surface area contributed by atoms with E-state index in [1.54, 1.807) is 0 Å². The van der Waals surface area contributed by atoms with E-state index in [0.717, 1.165) is 42.0 Å². The molecule has 1 aromatic heterocycles. The first-order valence-corrected chi connectivity index (χ1v) is 5.62. The van der Waals surface area contributed by atoms with Gasteiger partial charge in [0.2, 0.25) is 0 Å². The maximum Gasteiger partial charge on any atom is 0.150 e. The van der Waals surface area contributed by atoms with E-state index in [1.165, 1.54) is 11.3 Å². The molecule has 3 heteroatoms. The fourth-order valence-electron chi connectivity index (χ4n) is 2.53. The van der Waals surface area contributed by atoms with Gasteiger partial charge in [0.1, 0.15) is 6.29 Å². The normalized spacial score (nSPS) is 19.7. The van der Waals surface area contributed by atoms with Gasteiger partial charge in [-0.25, -0.2) is 0 Å². The number of H-pyrrole nitrogens is 1. The first-order valence-electron chi connectivity index (χ1n) is 5.62. The van der Waals surface area contributed by atoms with Gasteiger partial charge in [0.15, 0.2) is 0 Å². The zero-order valence-corrected chi connectivity index (χ0v) is 8.99. The average molecular weight is 214 g/mol. The van der Waals surface area contributed by atoms with Gasteiger partial charge in [-0.1, -0.05) is 0 Å². The molecular weight excluding hydrogens is 200 g/mol. The standard InChI is InChI=1S/C13H14N2O/c14-9-2-4-13-11(6-9)10-5-8(7-16)1-3-12(10)15-13/h1,3,5,7,9,15H,2,4,6,14H2. The highest BCUT2D eigenvalue weighted by Gasteiger charge is 2.19. The summed E-state index contributed by atoms with van der Waals surface area (Å²) in [6, 6.07) is 6.03. The third-order valence-corrected chi connectivity index (χ3v) is 3.39. The Morgan fingerprint density at radius 3 is 3.12 bits per heavy atom. The van der Waals surface area contributed by atoms with Crippen LogP contribution in [0.2, 0.25) is 0 Å². The molecule has 0 amide bonds. The number of aryl methyl sites for hydroxylation is 1. The number of carbonyl (C=O) groups excluding carboxylic acids is 1. The van der Waals surface area contributed by atoms with Crippen molar-refractivity contribution in [1.82, 2.24) is 4.98 Å². The molecule has 0 fully saturated rings. The fraction of sp³-hybridized carbons (Fsp3) is 0.308. The van der Waals surface area contributed by atoms with Gasteiger partial charge in [0, 0.05) is 28.2 Å². The third kappa shape index (κ3) is 1.36. The summed E-state index contributed by atoms with van der Waals surface area (Å²) >= 11 is 0. The van der Waals surface area contributed by atoms with E-state index in [4.69, 9.17) is 5.73 Å². The topological polar surface area (TPSA) is 58.9 Å². The van der Waals surface area contributed by atoms with E-state index in [9.17, 15) is 4.79 Å². The number of aldehydes is 1. The van der Waals surface area contributed by atoms with E-state index in [0.29, 0.717) is 0 Å². The van der Waals surface area contributed by atoms with Gasteiger partial charge in [-0.05, 0) is 43.0 Å². The van der Waals surface area contributed by atoms with Crippen LogP contribution in [0.1, 0.15) is 28.0 Å². The molecule has 2 aromatic rings. The summed E-state index contributed by atoms with van der Waals surface area (Å²) in [5.74, 6) is 0. The second-order valence-electron chi connectivity index (χ2n) is 4.51. The number of benzene rings is 1. The smallest absolute Gasteiger partial charge is 0.150 e. The van der Waals surface area contributed by atoms with Crippen molar-refractivity contribution < 1.29 is 4.79 Å². The Labute approximate surface area is 93.6 Å². The monoisotopic (exact) mass is 214 g/mol. The number of rotatable bonds is 1. The van der Waals surface area contributed by atoms with Gasteiger partial charge in [-0.3, -0.25) is 4.79 Å². The lowest BCUT2D eigenvalue weighted by atomic mass is 9.92. The Kier molecular flexibility index (Phi) is 2.07. The van der Waals surface area contributed by atoms with Crippen LogP contribution in [0.4, 0.5) is 0 Å². The highest BCUT2D eigenvalue weighted by molar-refractivity contribution is 5.90.